The van der Waals surface area contributed by atoms with Crippen molar-refractivity contribution in [3.05, 3.63) is 58.1 Å². The first-order valence-corrected chi connectivity index (χ1v) is 18.3. The van der Waals surface area contributed by atoms with Crippen molar-refractivity contribution in [1.82, 2.24) is 9.80 Å². The van der Waals surface area contributed by atoms with Gasteiger partial charge >= 0.3 is 18.2 Å². The fourth-order valence-corrected chi connectivity index (χ4v) is 9.20. The molecule has 2 aromatic rings. The van der Waals surface area contributed by atoms with E-state index < -0.39 is 41.9 Å². The third-order valence-electron chi connectivity index (χ3n) is 7.68. The molecule has 2 amide bonds. The summed E-state index contributed by atoms with van der Waals surface area (Å²) in [5.41, 5.74) is 0.701. The van der Waals surface area contributed by atoms with Crippen LogP contribution in [-0.4, -0.2) is 81.8 Å². The Balaban J connectivity index is 1.86. The molecule has 0 aromatic heterocycles. The van der Waals surface area contributed by atoms with Crippen LogP contribution >= 0.6 is 30.6 Å². The van der Waals surface area contributed by atoms with Crippen LogP contribution in [0.5, 0.6) is 0 Å². The molecule has 10 nitrogen and oxygen atoms in total. The van der Waals surface area contributed by atoms with E-state index in [1.165, 1.54) is 0 Å². The molecular weight excluding hydrogens is 666 g/mol. The van der Waals surface area contributed by atoms with Gasteiger partial charge in [0.05, 0.1) is 6.61 Å². The number of carboxylic acids is 1. The van der Waals surface area contributed by atoms with Gasteiger partial charge in [-0.2, -0.15) is 0 Å². The summed E-state index contributed by atoms with van der Waals surface area (Å²) in [4.78, 5) is 41.9. The maximum atomic E-state index is 14.3. The van der Waals surface area contributed by atoms with Crippen molar-refractivity contribution in [3.63, 3.8) is 0 Å². The summed E-state index contributed by atoms with van der Waals surface area (Å²) < 4.78 is 31.0. The molecule has 1 heterocycles. The van der Waals surface area contributed by atoms with Gasteiger partial charge in [-0.3, -0.25) is 14.3 Å². The first kappa shape index (κ1) is 38.8. The summed E-state index contributed by atoms with van der Waals surface area (Å²) in [5, 5.41) is 9.99. The third-order valence-corrected chi connectivity index (χ3v) is 11.6. The number of ether oxygens (including phenoxy) is 2. The number of amides is 2. The number of aliphatic carboxylic acids is 1. The van der Waals surface area contributed by atoms with E-state index in [1.54, 1.807) is 66.7 Å². The molecule has 1 N–H and O–H groups in total. The molecule has 1 fully saturated rings. The lowest BCUT2D eigenvalue weighted by molar-refractivity contribution is -0.141. The SMILES string of the molecule is CCOP1(=O)CCN(Cc2ccccc2-c2c(Cl)cccc2Cl)CC1(CCCCN(C(=O)OC(C)(C)C)C(=O)OC(C)(C)C)C(=O)O. The highest BCUT2D eigenvalue weighted by Crippen LogP contribution is 2.63. The second kappa shape index (κ2) is 15.7. The Morgan fingerprint density at radius 2 is 1.51 bits per heavy atom. The number of carboxylic acid groups (broad SMARTS) is 1. The normalized spacial score (nSPS) is 20.4. The van der Waals surface area contributed by atoms with Gasteiger partial charge in [-0.05, 0) is 91.0 Å². The number of benzene rings is 2. The molecule has 2 atom stereocenters. The predicted molar refractivity (Wildman–Crippen MR) is 185 cm³/mol. The lowest BCUT2D eigenvalue weighted by Gasteiger charge is -2.45. The quantitative estimate of drug-likeness (QED) is 0.180. The Hall–Kier alpha value is -2.62. The van der Waals surface area contributed by atoms with Crippen LogP contribution in [0, 0.1) is 0 Å². The number of unbranched alkanes of at least 4 members (excludes halogenated alkanes) is 1. The van der Waals surface area contributed by atoms with Crippen molar-refractivity contribution >= 4 is 48.7 Å². The molecule has 0 radical (unpaired) electrons. The number of halogens is 2. The first-order valence-electron chi connectivity index (χ1n) is 15.8. The predicted octanol–water partition coefficient (Wildman–Crippen LogP) is 8.96. The van der Waals surface area contributed by atoms with Crippen LogP contribution in [0.2, 0.25) is 10.0 Å². The number of nitrogens with zero attached hydrogens (tertiary/aromatic N) is 2. The Morgan fingerprint density at radius 3 is 2.04 bits per heavy atom. The minimum atomic E-state index is -3.68. The van der Waals surface area contributed by atoms with Crippen molar-refractivity contribution in [2.75, 3.05) is 32.4 Å². The summed E-state index contributed by atoms with van der Waals surface area (Å²) in [7, 11) is -3.68. The van der Waals surface area contributed by atoms with Crippen LogP contribution < -0.4 is 0 Å². The molecule has 0 aliphatic carbocycles. The maximum absolute atomic E-state index is 14.3. The highest BCUT2D eigenvalue weighted by Gasteiger charge is 2.58. The topological polar surface area (TPSA) is 123 Å². The molecule has 1 aliphatic rings. The van der Waals surface area contributed by atoms with Gasteiger partial charge in [-0.1, -0.05) is 53.5 Å². The average Bonchev–Trinajstić information content (AvgIpc) is 2.93. The van der Waals surface area contributed by atoms with Gasteiger partial charge < -0.3 is 19.1 Å². The molecule has 13 heteroatoms. The Kier molecular flexibility index (Phi) is 13.0. The van der Waals surface area contributed by atoms with Crippen LogP contribution in [0.1, 0.15) is 73.3 Å². The van der Waals surface area contributed by atoms with Crippen LogP contribution in [0.25, 0.3) is 11.1 Å². The van der Waals surface area contributed by atoms with E-state index in [-0.39, 0.29) is 45.1 Å². The lowest BCUT2D eigenvalue weighted by Crippen LogP contribution is -2.54. The van der Waals surface area contributed by atoms with E-state index in [4.69, 9.17) is 37.2 Å². The molecule has 47 heavy (non-hydrogen) atoms. The number of hydrogen-bond donors (Lipinski definition) is 1. The summed E-state index contributed by atoms with van der Waals surface area (Å²) in [5.74, 6) is -1.21. The Labute approximate surface area is 288 Å². The standard InChI is InChI=1S/C34H47Cl2N2O8P/c1-8-44-47(43)21-20-37(22-24-14-9-10-15-25(24)28-26(35)16-13-17-27(28)36)23-34(47,29(39)40)18-11-12-19-38(30(41)45-32(2,3)4)31(42)46-33(5,6)7/h9-10,13-17H,8,11-12,18-23H2,1-7H3,(H,39,40). The molecular formula is C34H47Cl2N2O8P. The molecule has 1 aliphatic heterocycles. The summed E-state index contributed by atoms with van der Waals surface area (Å²) in [6, 6.07) is 12.9. The third kappa shape index (κ3) is 9.96. The maximum Gasteiger partial charge on any atom is 0.419 e. The fourth-order valence-electron chi connectivity index (χ4n) is 5.62. The zero-order valence-electron chi connectivity index (χ0n) is 28.3. The summed E-state index contributed by atoms with van der Waals surface area (Å²) >= 11 is 13.1. The van der Waals surface area contributed by atoms with Crippen molar-refractivity contribution in [2.24, 2.45) is 0 Å². The minimum Gasteiger partial charge on any atom is -0.480 e. The highest BCUT2D eigenvalue weighted by molar-refractivity contribution is 7.62. The van der Waals surface area contributed by atoms with Crippen LogP contribution in [0.4, 0.5) is 9.59 Å². The van der Waals surface area contributed by atoms with Gasteiger partial charge in [-0.25, -0.2) is 14.5 Å². The van der Waals surface area contributed by atoms with Gasteiger partial charge in [-0.15, -0.1) is 0 Å². The number of rotatable bonds is 11. The Morgan fingerprint density at radius 1 is 0.936 bits per heavy atom. The second-order valence-electron chi connectivity index (χ2n) is 13.7. The van der Waals surface area contributed by atoms with Crippen LogP contribution in [0.15, 0.2) is 42.5 Å². The molecule has 260 valence electrons. The number of carbonyl (C=O) groups excluding carboxylic acids is 2. The number of hydrogen-bond acceptors (Lipinski definition) is 8. The van der Waals surface area contributed by atoms with E-state index in [0.29, 0.717) is 28.7 Å². The fraction of sp³-hybridized carbons (Fsp3) is 0.559. The van der Waals surface area contributed by atoms with Gasteiger partial charge in [0.2, 0.25) is 7.37 Å². The monoisotopic (exact) mass is 712 g/mol. The average molecular weight is 714 g/mol. The van der Waals surface area contributed by atoms with Gasteiger partial charge in [0.15, 0.2) is 5.16 Å². The van der Waals surface area contributed by atoms with E-state index in [9.17, 15) is 24.1 Å². The van der Waals surface area contributed by atoms with Crippen molar-refractivity contribution in [2.45, 2.75) is 90.6 Å². The molecule has 2 aromatic carbocycles. The molecule has 3 rings (SSSR count). The van der Waals surface area contributed by atoms with Crippen LogP contribution in [0.3, 0.4) is 0 Å². The van der Waals surface area contributed by atoms with E-state index in [1.807, 2.05) is 29.2 Å². The smallest absolute Gasteiger partial charge is 0.419 e. The van der Waals surface area contributed by atoms with Crippen molar-refractivity contribution in [1.29, 1.82) is 0 Å². The van der Waals surface area contributed by atoms with E-state index in [2.05, 4.69) is 0 Å². The lowest BCUT2D eigenvalue weighted by atomic mass is 9.97. The minimum absolute atomic E-state index is 0.00454. The largest absolute Gasteiger partial charge is 0.480 e. The summed E-state index contributed by atoms with van der Waals surface area (Å²) in [6.45, 7) is 12.6. The number of carbonyl (C=O) groups is 3. The van der Waals surface area contributed by atoms with Gasteiger partial charge in [0.1, 0.15) is 11.2 Å². The molecule has 0 spiro atoms. The van der Waals surface area contributed by atoms with E-state index in [0.717, 1.165) is 16.0 Å². The van der Waals surface area contributed by atoms with Crippen molar-refractivity contribution in [3.8, 4) is 11.1 Å². The summed E-state index contributed by atoms with van der Waals surface area (Å²) in [6.07, 6.45) is -1.19. The van der Waals surface area contributed by atoms with Gasteiger partial charge in [0.25, 0.3) is 0 Å². The Bertz CT molecular complexity index is 1440. The van der Waals surface area contributed by atoms with Crippen molar-refractivity contribution < 1.29 is 38.1 Å². The molecule has 2 unspecified atom stereocenters. The molecule has 0 saturated carbocycles. The highest BCUT2D eigenvalue weighted by atomic mass is 35.5. The first-order chi connectivity index (χ1) is 21.8. The second-order valence-corrected chi connectivity index (χ2v) is 17.4. The molecule has 1 saturated heterocycles. The zero-order valence-corrected chi connectivity index (χ0v) is 30.7. The number of imide groups is 1. The van der Waals surface area contributed by atoms with Crippen LogP contribution in [-0.2, 0) is 29.9 Å². The van der Waals surface area contributed by atoms with E-state index >= 15 is 0 Å². The van der Waals surface area contributed by atoms with Gasteiger partial charge in [0, 0.05) is 47.9 Å². The molecule has 0 bridgehead atoms. The zero-order chi connectivity index (χ0) is 35.2.